The van der Waals surface area contributed by atoms with Gasteiger partial charge in [-0.3, -0.25) is 0 Å². The number of nitrogens with two attached hydrogens (primary N) is 1. The number of rotatable bonds is 7. The van der Waals surface area contributed by atoms with Gasteiger partial charge in [-0.2, -0.15) is 13.2 Å². The van der Waals surface area contributed by atoms with Crippen molar-refractivity contribution in [2.75, 3.05) is 36.6 Å². The molecule has 0 fully saturated rings. The van der Waals surface area contributed by atoms with Crippen LogP contribution in [-0.4, -0.2) is 30.2 Å². The maximum Gasteiger partial charge on any atom is 0.416 e. The van der Waals surface area contributed by atoms with E-state index in [0.29, 0.717) is 30.4 Å². The molecule has 0 aliphatic carbocycles. The second-order valence-corrected chi connectivity index (χ2v) is 7.02. The summed E-state index contributed by atoms with van der Waals surface area (Å²) >= 11 is 0. The van der Waals surface area contributed by atoms with Gasteiger partial charge in [0.1, 0.15) is 11.6 Å². The van der Waals surface area contributed by atoms with Gasteiger partial charge in [0.25, 0.3) is 0 Å². The van der Waals surface area contributed by atoms with E-state index in [2.05, 4.69) is 20.6 Å². The predicted octanol–water partition coefficient (Wildman–Crippen LogP) is 4.77. The number of methoxy groups -OCH3 is 1. The quantitative estimate of drug-likeness (QED) is 0.378. The molecule has 0 aliphatic heterocycles. The molecule has 9 heteroatoms. The van der Waals surface area contributed by atoms with Crippen LogP contribution in [0.5, 0.6) is 0 Å². The first-order valence-electron chi connectivity index (χ1n) is 9.43. The van der Waals surface area contributed by atoms with Gasteiger partial charge in [0.15, 0.2) is 0 Å². The van der Waals surface area contributed by atoms with Gasteiger partial charge in [0.05, 0.1) is 23.7 Å². The molecule has 2 aromatic carbocycles. The fourth-order valence-electron chi connectivity index (χ4n) is 3.14. The number of nitrogen functional groups attached to an aromatic ring is 1. The number of aromatic nitrogens is 2. The predicted molar refractivity (Wildman–Crippen MR) is 113 cm³/mol. The second-order valence-electron chi connectivity index (χ2n) is 7.02. The van der Waals surface area contributed by atoms with Crippen molar-refractivity contribution < 1.29 is 17.9 Å². The molecule has 0 bridgehead atoms. The third-order valence-corrected chi connectivity index (χ3v) is 4.60. The lowest BCUT2D eigenvalue weighted by Gasteiger charge is -2.19. The topological polar surface area (TPSA) is 85.1 Å². The fraction of sp³-hybridized carbons (Fsp3) is 0.333. The molecule has 1 atom stereocenters. The number of ether oxygens (including phenoxy) is 1. The Balaban J connectivity index is 1.94. The third kappa shape index (κ3) is 5.10. The first-order valence-corrected chi connectivity index (χ1v) is 9.43. The Hall–Kier alpha value is -3.07. The highest BCUT2D eigenvalue weighted by molar-refractivity contribution is 5.91. The van der Waals surface area contributed by atoms with Crippen molar-refractivity contribution in [3.63, 3.8) is 0 Å². The van der Waals surface area contributed by atoms with Crippen LogP contribution in [0.3, 0.4) is 0 Å². The highest BCUT2D eigenvalue weighted by atomic mass is 19.4. The molecule has 0 saturated heterocycles. The average Bonchev–Trinajstić information content (AvgIpc) is 2.67. The van der Waals surface area contributed by atoms with E-state index in [1.54, 1.807) is 21.0 Å². The van der Waals surface area contributed by atoms with Gasteiger partial charge in [-0.05, 0) is 55.8 Å². The van der Waals surface area contributed by atoms with Gasteiger partial charge >= 0.3 is 6.18 Å². The average molecular weight is 419 g/mol. The molecule has 6 nitrogen and oxygen atoms in total. The number of aryl methyl sites for hydroxylation is 1. The van der Waals surface area contributed by atoms with Crippen LogP contribution in [-0.2, 0) is 10.9 Å². The Morgan fingerprint density at radius 1 is 1.13 bits per heavy atom. The van der Waals surface area contributed by atoms with Gasteiger partial charge in [-0.1, -0.05) is 0 Å². The smallest absolute Gasteiger partial charge is 0.399 e. The maximum absolute atomic E-state index is 13.2. The first-order chi connectivity index (χ1) is 14.2. The van der Waals surface area contributed by atoms with Crippen molar-refractivity contribution in [3.8, 4) is 0 Å². The maximum atomic E-state index is 13.2. The fourth-order valence-corrected chi connectivity index (χ4v) is 3.14. The van der Waals surface area contributed by atoms with E-state index in [1.165, 1.54) is 6.07 Å². The van der Waals surface area contributed by atoms with Crippen LogP contribution in [0.15, 0.2) is 36.4 Å². The largest absolute Gasteiger partial charge is 0.416 e. The molecular weight excluding hydrogens is 395 g/mol. The molecule has 4 N–H and O–H groups in total. The van der Waals surface area contributed by atoms with Crippen molar-refractivity contribution in [2.45, 2.75) is 26.1 Å². The number of nitrogens with zero attached hydrogens (tertiary/aromatic N) is 2. The Labute approximate surface area is 172 Å². The number of fused-ring (bicyclic) bond motifs is 1. The summed E-state index contributed by atoms with van der Waals surface area (Å²) < 4.78 is 44.5. The van der Waals surface area contributed by atoms with Crippen molar-refractivity contribution >= 4 is 28.1 Å². The number of anilines is 3. The van der Waals surface area contributed by atoms with Crippen LogP contribution in [0.25, 0.3) is 10.9 Å². The highest BCUT2D eigenvalue weighted by Gasteiger charge is 2.31. The Bertz CT molecular complexity index is 1040. The molecule has 30 heavy (non-hydrogen) atoms. The summed E-state index contributed by atoms with van der Waals surface area (Å²) in [4.78, 5) is 8.91. The number of hydrogen-bond donors (Lipinski definition) is 3. The van der Waals surface area contributed by atoms with Gasteiger partial charge in [0, 0.05) is 30.4 Å². The Morgan fingerprint density at radius 3 is 2.60 bits per heavy atom. The van der Waals surface area contributed by atoms with Crippen LogP contribution in [0.1, 0.15) is 29.9 Å². The molecule has 1 heterocycles. The SMILES string of the molecule is COCCNc1ccc2nc(C)nc(NC(C)c3cc(N)cc(C(F)(F)F)c3)c2c1. The van der Waals surface area contributed by atoms with Crippen LogP contribution < -0.4 is 16.4 Å². The molecule has 0 saturated carbocycles. The molecule has 3 rings (SSSR count). The minimum atomic E-state index is -4.47. The molecular formula is C21H24F3N5O. The normalized spacial score (nSPS) is 12.7. The lowest BCUT2D eigenvalue weighted by Crippen LogP contribution is -2.13. The number of hydrogen-bond acceptors (Lipinski definition) is 6. The van der Waals surface area contributed by atoms with E-state index in [-0.39, 0.29) is 5.69 Å². The van der Waals surface area contributed by atoms with E-state index in [0.717, 1.165) is 28.7 Å². The van der Waals surface area contributed by atoms with Crippen molar-refractivity contribution in [1.29, 1.82) is 0 Å². The van der Waals surface area contributed by atoms with Crippen LogP contribution >= 0.6 is 0 Å². The summed E-state index contributed by atoms with van der Waals surface area (Å²) in [7, 11) is 1.63. The summed E-state index contributed by atoms with van der Waals surface area (Å²) in [6.45, 7) is 4.72. The van der Waals surface area contributed by atoms with E-state index in [1.807, 2.05) is 18.2 Å². The van der Waals surface area contributed by atoms with Gasteiger partial charge in [-0.25, -0.2) is 9.97 Å². The van der Waals surface area contributed by atoms with Crippen molar-refractivity contribution in [1.82, 2.24) is 9.97 Å². The van der Waals surface area contributed by atoms with Crippen molar-refractivity contribution in [3.05, 3.63) is 53.3 Å². The number of alkyl halides is 3. The van der Waals surface area contributed by atoms with Gasteiger partial charge in [0.2, 0.25) is 0 Å². The second kappa shape index (κ2) is 8.74. The van der Waals surface area contributed by atoms with Crippen molar-refractivity contribution in [2.24, 2.45) is 0 Å². The van der Waals surface area contributed by atoms with Gasteiger partial charge in [-0.15, -0.1) is 0 Å². The summed E-state index contributed by atoms with van der Waals surface area (Å²) in [6, 6.07) is 8.78. The summed E-state index contributed by atoms with van der Waals surface area (Å²) in [5.74, 6) is 1.09. The molecule has 1 aromatic heterocycles. The third-order valence-electron chi connectivity index (χ3n) is 4.60. The Morgan fingerprint density at radius 2 is 1.90 bits per heavy atom. The number of halogens is 3. The monoisotopic (exact) mass is 419 g/mol. The molecule has 3 aromatic rings. The summed E-state index contributed by atoms with van der Waals surface area (Å²) in [5.41, 5.74) is 7.01. The molecule has 0 aliphatic rings. The lowest BCUT2D eigenvalue weighted by molar-refractivity contribution is -0.137. The van der Waals surface area contributed by atoms with E-state index < -0.39 is 17.8 Å². The number of nitrogens with one attached hydrogen (secondary N) is 2. The Kier molecular flexibility index (Phi) is 6.31. The van der Waals surface area contributed by atoms with E-state index in [4.69, 9.17) is 10.5 Å². The van der Waals surface area contributed by atoms with Gasteiger partial charge < -0.3 is 21.1 Å². The van der Waals surface area contributed by atoms with E-state index in [9.17, 15) is 13.2 Å². The molecule has 160 valence electrons. The van der Waals surface area contributed by atoms with Crippen LogP contribution in [0, 0.1) is 6.92 Å². The molecule has 1 unspecified atom stereocenters. The first kappa shape index (κ1) is 21.6. The zero-order valence-corrected chi connectivity index (χ0v) is 17.0. The summed E-state index contributed by atoms with van der Waals surface area (Å²) in [6.07, 6.45) is -4.47. The molecule has 0 spiro atoms. The van der Waals surface area contributed by atoms with Crippen LogP contribution in [0.4, 0.5) is 30.4 Å². The lowest BCUT2D eigenvalue weighted by atomic mass is 10.0. The standard InChI is InChI=1S/C21H24F3N5O/c1-12(14-8-15(21(22,23)24)10-16(25)9-14)27-20-18-11-17(26-6-7-30-3)4-5-19(18)28-13(2)29-20/h4-5,8-12,26H,6-7,25H2,1-3H3,(H,27,28,29). The zero-order valence-electron chi connectivity index (χ0n) is 17.0. The number of benzene rings is 2. The van der Waals surface area contributed by atoms with Crippen LogP contribution in [0.2, 0.25) is 0 Å². The highest BCUT2D eigenvalue weighted by Crippen LogP contribution is 2.34. The molecule has 0 amide bonds. The summed E-state index contributed by atoms with van der Waals surface area (Å²) in [5, 5.41) is 7.22. The minimum Gasteiger partial charge on any atom is -0.399 e. The minimum absolute atomic E-state index is 0.0573. The zero-order chi connectivity index (χ0) is 21.9. The molecule has 0 radical (unpaired) electrons. The van der Waals surface area contributed by atoms with E-state index >= 15 is 0 Å².